The van der Waals surface area contributed by atoms with Gasteiger partial charge in [-0.05, 0) is 42.0 Å². The molecule has 0 atom stereocenters. The van der Waals surface area contributed by atoms with Crippen molar-refractivity contribution in [3.05, 3.63) is 72.3 Å². The molecule has 6 nitrogen and oxygen atoms in total. The van der Waals surface area contributed by atoms with Crippen molar-refractivity contribution in [3.8, 4) is 17.0 Å². The third-order valence-electron chi connectivity index (χ3n) is 3.77. The number of ether oxygens (including phenoxy) is 2. The standard InChI is InChI=1S/C20H20N2O4/c1-24-10-11-26-18-5-3-16(4-6-18)20(23)22-13-15-2-7-19(21-12-15)17-8-9-25-14-17/h2-9,12,14H,10-11,13H2,1H3,(H,22,23). The Bertz CT molecular complexity index is 812. The second-order valence-electron chi connectivity index (χ2n) is 5.61. The molecule has 0 saturated carbocycles. The maximum absolute atomic E-state index is 12.2. The highest BCUT2D eigenvalue weighted by Crippen LogP contribution is 2.17. The van der Waals surface area contributed by atoms with Crippen LogP contribution in [0.2, 0.25) is 0 Å². The third kappa shape index (κ3) is 4.70. The highest BCUT2D eigenvalue weighted by molar-refractivity contribution is 5.94. The van der Waals surface area contributed by atoms with Crippen LogP contribution in [0.5, 0.6) is 5.75 Å². The summed E-state index contributed by atoms with van der Waals surface area (Å²) in [5, 5.41) is 2.88. The lowest BCUT2D eigenvalue weighted by Gasteiger charge is -2.08. The Labute approximate surface area is 151 Å². The molecule has 0 aliphatic heterocycles. The lowest BCUT2D eigenvalue weighted by molar-refractivity contribution is 0.0950. The Morgan fingerprint density at radius 2 is 1.96 bits per heavy atom. The zero-order valence-electron chi connectivity index (χ0n) is 14.5. The minimum Gasteiger partial charge on any atom is -0.491 e. The van der Waals surface area contributed by atoms with E-state index in [2.05, 4.69) is 10.3 Å². The molecule has 0 radical (unpaired) electrons. The molecule has 0 unspecified atom stereocenters. The average molecular weight is 352 g/mol. The number of pyridine rings is 1. The monoisotopic (exact) mass is 352 g/mol. The molecule has 0 aliphatic carbocycles. The number of furan rings is 1. The van der Waals surface area contributed by atoms with Gasteiger partial charge in [-0.25, -0.2) is 0 Å². The smallest absolute Gasteiger partial charge is 0.251 e. The van der Waals surface area contributed by atoms with Gasteiger partial charge in [0.05, 0.1) is 24.8 Å². The van der Waals surface area contributed by atoms with Crippen LogP contribution in [0.25, 0.3) is 11.3 Å². The van der Waals surface area contributed by atoms with Crippen LogP contribution in [0.3, 0.4) is 0 Å². The Hall–Kier alpha value is -3.12. The number of rotatable bonds is 8. The number of methoxy groups -OCH3 is 1. The van der Waals surface area contributed by atoms with Crippen molar-refractivity contribution in [2.45, 2.75) is 6.54 Å². The molecule has 1 N–H and O–H groups in total. The molecular formula is C20H20N2O4. The predicted octanol–water partition coefficient (Wildman–Crippen LogP) is 3.30. The lowest BCUT2D eigenvalue weighted by Crippen LogP contribution is -2.22. The van der Waals surface area contributed by atoms with E-state index in [-0.39, 0.29) is 5.91 Å². The summed E-state index contributed by atoms with van der Waals surface area (Å²) in [7, 11) is 1.62. The molecule has 26 heavy (non-hydrogen) atoms. The fourth-order valence-corrected chi connectivity index (χ4v) is 2.34. The van der Waals surface area contributed by atoms with Gasteiger partial charge in [0, 0.05) is 31.0 Å². The van der Waals surface area contributed by atoms with Gasteiger partial charge in [0.2, 0.25) is 0 Å². The van der Waals surface area contributed by atoms with Gasteiger partial charge in [-0.2, -0.15) is 0 Å². The summed E-state index contributed by atoms with van der Waals surface area (Å²) in [6.45, 7) is 1.41. The molecule has 3 aromatic rings. The van der Waals surface area contributed by atoms with Crippen LogP contribution in [0.1, 0.15) is 15.9 Å². The van der Waals surface area contributed by atoms with Crippen molar-refractivity contribution in [2.75, 3.05) is 20.3 Å². The first kappa shape index (κ1) is 17.7. The van der Waals surface area contributed by atoms with Gasteiger partial charge >= 0.3 is 0 Å². The summed E-state index contributed by atoms with van der Waals surface area (Å²) in [5.41, 5.74) is 3.25. The second kappa shape index (κ2) is 8.82. The van der Waals surface area contributed by atoms with Crippen molar-refractivity contribution < 1.29 is 18.7 Å². The molecule has 0 saturated heterocycles. The number of aromatic nitrogens is 1. The molecule has 1 aromatic carbocycles. The summed E-state index contributed by atoms with van der Waals surface area (Å²) in [6.07, 6.45) is 5.00. The van der Waals surface area contributed by atoms with E-state index in [1.54, 1.807) is 50.1 Å². The zero-order valence-corrected chi connectivity index (χ0v) is 14.5. The summed E-state index contributed by atoms with van der Waals surface area (Å²) in [4.78, 5) is 16.6. The first-order chi connectivity index (χ1) is 12.8. The van der Waals surface area contributed by atoms with Crippen LogP contribution < -0.4 is 10.1 Å². The van der Waals surface area contributed by atoms with Crippen LogP contribution in [-0.4, -0.2) is 31.2 Å². The average Bonchev–Trinajstić information content (AvgIpc) is 3.22. The number of hydrogen-bond donors (Lipinski definition) is 1. The fourth-order valence-electron chi connectivity index (χ4n) is 2.34. The molecule has 6 heteroatoms. The number of nitrogens with one attached hydrogen (secondary N) is 1. The normalized spacial score (nSPS) is 10.5. The number of nitrogens with zero attached hydrogens (tertiary/aromatic N) is 1. The topological polar surface area (TPSA) is 73.6 Å². The molecule has 0 spiro atoms. The van der Waals surface area contributed by atoms with Gasteiger partial charge < -0.3 is 19.2 Å². The van der Waals surface area contributed by atoms with Crippen molar-refractivity contribution >= 4 is 5.91 Å². The van der Waals surface area contributed by atoms with Gasteiger partial charge in [-0.15, -0.1) is 0 Å². The van der Waals surface area contributed by atoms with Gasteiger partial charge in [-0.3, -0.25) is 9.78 Å². The number of amides is 1. The maximum atomic E-state index is 12.2. The number of carbonyl (C=O) groups is 1. The first-order valence-corrected chi connectivity index (χ1v) is 8.24. The minimum absolute atomic E-state index is 0.146. The van der Waals surface area contributed by atoms with Crippen LogP contribution in [-0.2, 0) is 11.3 Å². The Kier molecular flexibility index (Phi) is 6.01. The van der Waals surface area contributed by atoms with Crippen LogP contribution in [0.4, 0.5) is 0 Å². The molecule has 0 bridgehead atoms. The van der Waals surface area contributed by atoms with Crippen molar-refractivity contribution in [2.24, 2.45) is 0 Å². The second-order valence-corrected chi connectivity index (χ2v) is 5.61. The van der Waals surface area contributed by atoms with E-state index in [9.17, 15) is 4.79 Å². The predicted molar refractivity (Wildman–Crippen MR) is 96.9 cm³/mol. The largest absolute Gasteiger partial charge is 0.491 e. The van der Waals surface area contributed by atoms with Gasteiger partial charge in [0.1, 0.15) is 12.4 Å². The van der Waals surface area contributed by atoms with E-state index in [0.29, 0.717) is 31.1 Å². The maximum Gasteiger partial charge on any atom is 0.251 e. The fraction of sp³-hybridized carbons (Fsp3) is 0.200. The van der Waals surface area contributed by atoms with Crippen molar-refractivity contribution in [1.82, 2.24) is 10.3 Å². The van der Waals surface area contributed by atoms with Crippen molar-refractivity contribution in [1.29, 1.82) is 0 Å². The quantitative estimate of drug-likeness (QED) is 0.630. The van der Waals surface area contributed by atoms with E-state index < -0.39 is 0 Å². The molecule has 0 aliphatic rings. The van der Waals surface area contributed by atoms with Gasteiger partial charge in [0.25, 0.3) is 5.91 Å². The molecule has 2 aromatic heterocycles. The Morgan fingerprint density at radius 1 is 1.12 bits per heavy atom. The summed E-state index contributed by atoms with van der Waals surface area (Å²) < 4.78 is 15.5. The molecule has 3 rings (SSSR count). The van der Waals surface area contributed by atoms with Gasteiger partial charge in [0.15, 0.2) is 0 Å². The van der Waals surface area contributed by atoms with Crippen LogP contribution >= 0.6 is 0 Å². The van der Waals surface area contributed by atoms with Crippen molar-refractivity contribution in [3.63, 3.8) is 0 Å². The number of carbonyl (C=O) groups excluding carboxylic acids is 1. The van der Waals surface area contributed by atoms with E-state index in [1.165, 1.54) is 0 Å². The van der Waals surface area contributed by atoms with E-state index >= 15 is 0 Å². The minimum atomic E-state index is -0.146. The SMILES string of the molecule is COCCOc1ccc(C(=O)NCc2ccc(-c3ccoc3)nc2)cc1. The Balaban J connectivity index is 1.52. The summed E-state index contributed by atoms with van der Waals surface area (Å²) in [6, 6.07) is 12.7. The molecule has 134 valence electrons. The number of hydrogen-bond acceptors (Lipinski definition) is 5. The molecule has 1 amide bonds. The lowest BCUT2D eigenvalue weighted by atomic mass is 10.1. The van der Waals surface area contributed by atoms with E-state index in [0.717, 1.165) is 16.8 Å². The highest BCUT2D eigenvalue weighted by Gasteiger charge is 2.06. The summed E-state index contributed by atoms with van der Waals surface area (Å²) >= 11 is 0. The van der Waals surface area contributed by atoms with E-state index in [1.807, 2.05) is 18.2 Å². The third-order valence-corrected chi connectivity index (χ3v) is 3.77. The highest BCUT2D eigenvalue weighted by atomic mass is 16.5. The summed E-state index contributed by atoms with van der Waals surface area (Å²) in [5.74, 6) is 0.560. The Morgan fingerprint density at radius 3 is 2.62 bits per heavy atom. The van der Waals surface area contributed by atoms with E-state index in [4.69, 9.17) is 13.9 Å². The first-order valence-electron chi connectivity index (χ1n) is 8.24. The number of benzene rings is 1. The van der Waals surface area contributed by atoms with Gasteiger partial charge in [-0.1, -0.05) is 6.07 Å². The molecule has 2 heterocycles. The van der Waals surface area contributed by atoms with Crippen LogP contribution in [0.15, 0.2) is 65.6 Å². The zero-order chi connectivity index (χ0) is 18.2. The van der Waals surface area contributed by atoms with Crippen LogP contribution in [0, 0.1) is 0 Å². The molecule has 0 fully saturated rings. The molecular weight excluding hydrogens is 332 g/mol.